The van der Waals surface area contributed by atoms with Crippen molar-refractivity contribution in [2.45, 2.75) is 20.0 Å². The standard InChI is InChI=1S/C16H20N2O2S/c1-3-18(11-13-5-4-8-20-13)10-12-6-7-14(16(17)21)15(9-12)19-2/h4-9H,3,10-11H2,1-2H3,(H2,17,21). The molecular weight excluding hydrogens is 284 g/mol. The van der Waals surface area contributed by atoms with Crippen molar-refractivity contribution in [1.82, 2.24) is 4.90 Å². The van der Waals surface area contributed by atoms with E-state index in [2.05, 4.69) is 11.8 Å². The Morgan fingerprint density at radius 1 is 1.33 bits per heavy atom. The summed E-state index contributed by atoms with van der Waals surface area (Å²) in [4.78, 5) is 2.63. The number of nitrogens with two attached hydrogens (primary N) is 1. The number of furan rings is 1. The average molecular weight is 304 g/mol. The zero-order chi connectivity index (χ0) is 15.2. The Morgan fingerprint density at radius 3 is 2.71 bits per heavy atom. The number of benzene rings is 1. The number of nitrogens with zero attached hydrogens (tertiary/aromatic N) is 1. The molecule has 0 radical (unpaired) electrons. The SMILES string of the molecule is CCN(Cc1ccc(C(N)=S)c(OC)c1)Cc1ccco1. The van der Waals surface area contributed by atoms with Crippen molar-refractivity contribution in [1.29, 1.82) is 0 Å². The highest BCUT2D eigenvalue weighted by Crippen LogP contribution is 2.21. The fraction of sp³-hybridized carbons (Fsp3) is 0.312. The smallest absolute Gasteiger partial charge is 0.129 e. The maximum Gasteiger partial charge on any atom is 0.129 e. The average Bonchev–Trinajstić information content (AvgIpc) is 2.99. The molecule has 0 aliphatic heterocycles. The van der Waals surface area contributed by atoms with E-state index in [1.807, 2.05) is 30.3 Å². The highest BCUT2D eigenvalue weighted by Gasteiger charge is 2.10. The predicted octanol–water partition coefficient (Wildman–Crippen LogP) is 2.94. The van der Waals surface area contributed by atoms with Crippen molar-refractivity contribution in [3.05, 3.63) is 53.5 Å². The fourth-order valence-corrected chi connectivity index (χ4v) is 2.37. The first-order valence-electron chi connectivity index (χ1n) is 6.85. The van der Waals surface area contributed by atoms with Gasteiger partial charge in [0.15, 0.2) is 0 Å². The minimum Gasteiger partial charge on any atom is -0.496 e. The van der Waals surface area contributed by atoms with Crippen molar-refractivity contribution >= 4 is 17.2 Å². The summed E-state index contributed by atoms with van der Waals surface area (Å²) in [6.45, 7) is 4.65. The van der Waals surface area contributed by atoms with Crippen LogP contribution in [0.1, 0.15) is 23.8 Å². The van der Waals surface area contributed by atoms with Gasteiger partial charge < -0.3 is 14.9 Å². The zero-order valence-electron chi connectivity index (χ0n) is 12.3. The van der Waals surface area contributed by atoms with Crippen molar-refractivity contribution < 1.29 is 9.15 Å². The molecule has 112 valence electrons. The molecule has 2 rings (SSSR count). The quantitative estimate of drug-likeness (QED) is 0.797. The van der Waals surface area contributed by atoms with Gasteiger partial charge in [0, 0.05) is 6.54 Å². The van der Waals surface area contributed by atoms with Gasteiger partial charge in [-0.05, 0) is 36.4 Å². The molecule has 4 nitrogen and oxygen atoms in total. The number of hydrogen-bond acceptors (Lipinski definition) is 4. The van der Waals surface area contributed by atoms with E-state index >= 15 is 0 Å². The van der Waals surface area contributed by atoms with Crippen molar-refractivity contribution in [2.75, 3.05) is 13.7 Å². The highest BCUT2D eigenvalue weighted by atomic mass is 32.1. The molecule has 0 unspecified atom stereocenters. The first kappa shape index (κ1) is 15.5. The van der Waals surface area contributed by atoms with Crippen LogP contribution in [0.2, 0.25) is 0 Å². The summed E-state index contributed by atoms with van der Waals surface area (Å²) in [6, 6.07) is 9.82. The van der Waals surface area contributed by atoms with Crippen molar-refractivity contribution in [3.63, 3.8) is 0 Å². The van der Waals surface area contributed by atoms with E-state index in [0.717, 1.165) is 36.5 Å². The number of hydrogen-bond donors (Lipinski definition) is 1. The van der Waals surface area contributed by atoms with Crippen LogP contribution in [0.15, 0.2) is 41.0 Å². The third-order valence-corrected chi connectivity index (χ3v) is 3.56. The van der Waals surface area contributed by atoms with Gasteiger partial charge >= 0.3 is 0 Å². The van der Waals surface area contributed by atoms with E-state index < -0.39 is 0 Å². The molecule has 2 aromatic rings. The van der Waals surface area contributed by atoms with Crippen LogP contribution in [0.4, 0.5) is 0 Å². The number of rotatable bonds is 7. The molecule has 0 aliphatic carbocycles. The third kappa shape index (κ3) is 4.06. The minimum absolute atomic E-state index is 0.348. The van der Waals surface area contributed by atoms with Gasteiger partial charge in [-0.1, -0.05) is 25.2 Å². The lowest BCUT2D eigenvalue weighted by Gasteiger charge is -2.20. The first-order chi connectivity index (χ1) is 10.1. The number of ether oxygens (including phenoxy) is 1. The lowest BCUT2D eigenvalue weighted by molar-refractivity contribution is 0.247. The maximum absolute atomic E-state index is 5.69. The molecule has 0 saturated heterocycles. The Labute approximate surface area is 130 Å². The van der Waals surface area contributed by atoms with Gasteiger partial charge in [-0.25, -0.2) is 0 Å². The van der Waals surface area contributed by atoms with E-state index in [1.165, 1.54) is 0 Å². The molecule has 0 amide bonds. The van der Waals surface area contributed by atoms with Gasteiger partial charge in [0.2, 0.25) is 0 Å². The summed E-state index contributed by atoms with van der Waals surface area (Å²) >= 11 is 5.02. The summed E-state index contributed by atoms with van der Waals surface area (Å²) in [5.74, 6) is 1.68. The molecule has 5 heteroatoms. The van der Waals surface area contributed by atoms with E-state index in [4.69, 9.17) is 27.1 Å². The minimum atomic E-state index is 0.348. The van der Waals surface area contributed by atoms with E-state index in [1.54, 1.807) is 13.4 Å². The van der Waals surface area contributed by atoms with E-state index in [9.17, 15) is 0 Å². The summed E-state index contributed by atoms with van der Waals surface area (Å²) in [5.41, 5.74) is 7.61. The molecule has 0 bridgehead atoms. The molecule has 0 atom stereocenters. The Morgan fingerprint density at radius 2 is 2.14 bits per heavy atom. The van der Waals surface area contributed by atoms with Gasteiger partial charge in [0.05, 0.1) is 25.5 Å². The Hall–Kier alpha value is -1.85. The van der Waals surface area contributed by atoms with Gasteiger partial charge in [0.1, 0.15) is 16.5 Å². The van der Waals surface area contributed by atoms with Crippen molar-refractivity contribution in [3.8, 4) is 5.75 Å². The molecule has 2 N–H and O–H groups in total. The Bertz CT molecular complexity index is 596. The molecule has 1 aromatic carbocycles. The summed E-state index contributed by atoms with van der Waals surface area (Å²) in [7, 11) is 1.63. The summed E-state index contributed by atoms with van der Waals surface area (Å²) in [6.07, 6.45) is 1.70. The molecule has 0 aliphatic rings. The van der Waals surface area contributed by atoms with E-state index in [0.29, 0.717) is 10.7 Å². The maximum atomic E-state index is 5.69. The Balaban J connectivity index is 2.12. The molecule has 1 heterocycles. The second-order valence-corrected chi connectivity index (χ2v) is 5.22. The molecule has 1 aromatic heterocycles. The lowest BCUT2D eigenvalue weighted by Crippen LogP contribution is -2.22. The van der Waals surface area contributed by atoms with Gasteiger partial charge in [0.25, 0.3) is 0 Å². The normalized spacial score (nSPS) is 10.8. The second-order valence-electron chi connectivity index (χ2n) is 4.78. The zero-order valence-corrected chi connectivity index (χ0v) is 13.2. The van der Waals surface area contributed by atoms with Crippen LogP contribution in [0, 0.1) is 0 Å². The van der Waals surface area contributed by atoms with Crippen LogP contribution in [-0.2, 0) is 13.1 Å². The van der Waals surface area contributed by atoms with Crippen LogP contribution < -0.4 is 10.5 Å². The first-order valence-corrected chi connectivity index (χ1v) is 7.26. The van der Waals surface area contributed by atoms with Crippen LogP contribution >= 0.6 is 12.2 Å². The van der Waals surface area contributed by atoms with Gasteiger partial charge in [-0.2, -0.15) is 0 Å². The monoisotopic (exact) mass is 304 g/mol. The van der Waals surface area contributed by atoms with Crippen LogP contribution in [0.3, 0.4) is 0 Å². The molecule has 0 fully saturated rings. The molecule has 0 spiro atoms. The molecular formula is C16H20N2O2S. The summed E-state index contributed by atoms with van der Waals surface area (Å²) < 4.78 is 10.8. The predicted molar refractivity (Wildman–Crippen MR) is 87.4 cm³/mol. The highest BCUT2D eigenvalue weighted by molar-refractivity contribution is 7.80. The lowest BCUT2D eigenvalue weighted by atomic mass is 10.1. The van der Waals surface area contributed by atoms with Crippen molar-refractivity contribution in [2.24, 2.45) is 5.73 Å². The molecule has 21 heavy (non-hydrogen) atoms. The largest absolute Gasteiger partial charge is 0.496 e. The summed E-state index contributed by atoms with van der Waals surface area (Å²) in [5, 5.41) is 0. The topological polar surface area (TPSA) is 51.6 Å². The van der Waals surface area contributed by atoms with Crippen LogP contribution in [-0.4, -0.2) is 23.5 Å². The second kappa shape index (κ2) is 7.24. The fourth-order valence-electron chi connectivity index (χ4n) is 2.20. The number of thiocarbonyl (C=S) groups is 1. The van der Waals surface area contributed by atoms with Crippen LogP contribution in [0.25, 0.3) is 0 Å². The third-order valence-electron chi connectivity index (χ3n) is 3.34. The molecule has 0 saturated carbocycles. The number of methoxy groups -OCH3 is 1. The van der Waals surface area contributed by atoms with Gasteiger partial charge in [-0.3, -0.25) is 4.90 Å². The van der Waals surface area contributed by atoms with E-state index in [-0.39, 0.29) is 0 Å². The van der Waals surface area contributed by atoms with Gasteiger partial charge in [-0.15, -0.1) is 0 Å². The van der Waals surface area contributed by atoms with Crippen LogP contribution in [0.5, 0.6) is 5.75 Å². The Kier molecular flexibility index (Phi) is 5.36.